The van der Waals surface area contributed by atoms with Gasteiger partial charge in [0.2, 0.25) is 0 Å². The molecule has 1 rings (SSSR count). The fourth-order valence-electron chi connectivity index (χ4n) is 2.11. The number of nitrogens with two attached hydrogens (primary N) is 1. The van der Waals surface area contributed by atoms with Crippen LogP contribution in [0.2, 0.25) is 0 Å². The molecular weight excluding hydrogens is 208 g/mol. The maximum absolute atomic E-state index is 5.85. The first-order valence-electron chi connectivity index (χ1n) is 6.50. The summed E-state index contributed by atoms with van der Waals surface area (Å²) in [6, 6.07) is 9.25. The van der Waals surface area contributed by atoms with Gasteiger partial charge in [0.1, 0.15) is 0 Å². The first-order chi connectivity index (χ1) is 7.91. The van der Waals surface area contributed by atoms with Crippen LogP contribution in [-0.4, -0.2) is 13.1 Å². The van der Waals surface area contributed by atoms with Gasteiger partial charge in [-0.1, -0.05) is 26.0 Å². The van der Waals surface area contributed by atoms with Crippen LogP contribution in [0.1, 0.15) is 45.7 Å². The lowest BCUT2D eigenvalue weighted by Gasteiger charge is -2.28. The summed E-state index contributed by atoms with van der Waals surface area (Å²) < 4.78 is 0. The van der Waals surface area contributed by atoms with Crippen molar-refractivity contribution < 1.29 is 0 Å². The van der Waals surface area contributed by atoms with Crippen LogP contribution in [0.4, 0.5) is 5.69 Å². The summed E-state index contributed by atoms with van der Waals surface area (Å²) in [5, 5.41) is 0. The van der Waals surface area contributed by atoms with Gasteiger partial charge in [0, 0.05) is 24.8 Å². The molecule has 2 atom stereocenters. The van der Waals surface area contributed by atoms with Gasteiger partial charge in [-0.05, 0) is 43.9 Å². The van der Waals surface area contributed by atoms with E-state index < -0.39 is 0 Å². The Morgan fingerprint density at radius 1 is 1.06 bits per heavy atom. The van der Waals surface area contributed by atoms with Crippen molar-refractivity contribution in [3.05, 3.63) is 29.8 Å². The van der Waals surface area contributed by atoms with Crippen LogP contribution >= 0.6 is 0 Å². The molecule has 0 radical (unpaired) electrons. The van der Waals surface area contributed by atoms with Crippen LogP contribution in [0, 0.1) is 5.92 Å². The summed E-state index contributed by atoms with van der Waals surface area (Å²) in [6.07, 6.45) is 1.21. The van der Waals surface area contributed by atoms with Crippen molar-refractivity contribution in [3.63, 3.8) is 0 Å². The highest BCUT2D eigenvalue weighted by molar-refractivity contribution is 5.48. The van der Waals surface area contributed by atoms with Gasteiger partial charge in [0.15, 0.2) is 0 Å². The maximum Gasteiger partial charge on any atom is 0.0366 e. The van der Waals surface area contributed by atoms with Crippen LogP contribution in [0.3, 0.4) is 0 Å². The largest absolute Gasteiger partial charge is 0.372 e. The van der Waals surface area contributed by atoms with Crippen molar-refractivity contribution >= 4 is 5.69 Å². The minimum atomic E-state index is 0.113. The van der Waals surface area contributed by atoms with E-state index in [9.17, 15) is 0 Å². The summed E-state index contributed by atoms with van der Waals surface area (Å²) in [5.74, 6) is 0.732. The number of rotatable bonds is 5. The van der Waals surface area contributed by atoms with E-state index in [4.69, 9.17) is 5.73 Å². The third-order valence-electron chi connectivity index (χ3n) is 3.30. The maximum atomic E-state index is 5.85. The number of nitrogens with zero attached hydrogens (tertiary/aromatic N) is 1. The summed E-state index contributed by atoms with van der Waals surface area (Å²) >= 11 is 0. The molecule has 2 unspecified atom stereocenters. The van der Waals surface area contributed by atoms with Crippen molar-refractivity contribution in [2.24, 2.45) is 11.7 Å². The quantitative estimate of drug-likeness (QED) is 0.844. The Morgan fingerprint density at radius 2 is 1.59 bits per heavy atom. The van der Waals surface area contributed by atoms with Crippen LogP contribution < -0.4 is 10.6 Å². The van der Waals surface area contributed by atoms with Crippen LogP contribution in [0.5, 0.6) is 0 Å². The number of anilines is 1. The van der Waals surface area contributed by atoms with Gasteiger partial charge < -0.3 is 10.6 Å². The molecule has 0 spiro atoms. The molecule has 96 valence electrons. The van der Waals surface area contributed by atoms with Crippen LogP contribution in [-0.2, 0) is 0 Å². The summed E-state index contributed by atoms with van der Waals surface area (Å²) in [5.41, 5.74) is 8.31. The van der Waals surface area contributed by atoms with Crippen molar-refractivity contribution in [2.45, 2.75) is 46.2 Å². The van der Waals surface area contributed by atoms with E-state index in [1.807, 2.05) is 6.92 Å². The number of hydrogen-bond acceptors (Lipinski definition) is 2. The molecule has 2 heteroatoms. The lowest BCUT2D eigenvalue weighted by atomic mass is 10.0. The molecule has 0 aliphatic heterocycles. The fourth-order valence-corrected chi connectivity index (χ4v) is 2.11. The lowest BCUT2D eigenvalue weighted by Crippen LogP contribution is -2.29. The van der Waals surface area contributed by atoms with E-state index in [-0.39, 0.29) is 6.04 Å². The van der Waals surface area contributed by atoms with Crippen LogP contribution in [0.15, 0.2) is 24.3 Å². The zero-order chi connectivity index (χ0) is 13.0. The molecule has 1 aromatic rings. The van der Waals surface area contributed by atoms with E-state index >= 15 is 0 Å². The normalized spacial score (nSPS) is 14.8. The number of benzene rings is 1. The van der Waals surface area contributed by atoms with E-state index in [0.717, 1.165) is 5.92 Å². The molecule has 2 N–H and O–H groups in total. The molecule has 1 aromatic carbocycles. The predicted molar refractivity (Wildman–Crippen MR) is 76.4 cm³/mol. The molecule has 0 saturated carbocycles. The van der Waals surface area contributed by atoms with Gasteiger partial charge in [-0.3, -0.25) is 0 Å². The average Bonchev–Trinajstić information content (AvgIpc) is 2.27. The van der Waals surface area contributed by atoms with E-state index in [1.54, 1.807) is 0 Å². The van der Waals surface area contributed by atoms with Crippen molar-refractivity contribution in [1.82, 2.24) is 0 Å². The highest BCUT2D eigenvalue weighted by atomic mass is 15.1. The zero-order valence-electron chi connectivity index (χ0n) is 11.8. The van der Waals surface area contributed by atoms with Crippen LogP contribution in [0.25, 0.3) is 0 Å². The summed E-state index contributed by atoms with van der Waals surface area (Å²) in [6.45, 7) is 8.83. The smallest absolute Gasteiger partial charge is 0.0366 e. The highest BCUT2D eigenvalue weighted by Gasteiger charge is 2.11. The van der Waals surface area contributed by atoms with Gasteiger partial charge in [0.05, 0.1) is 0 Å². The zero-order valence-corrected chi connectivity index (χ0v) is 11.8. The highest BCUT2D eigenvalue weighted by Crippen LogP contribution is 2.21. The van der Waals surface area contributed by atoms with Gasteiger partial charge in [-0.15, -0.1) is 0 Å². The minimum Gasteiger partial charge on any atom is -0.372 e. The third-order valence-corrected chi connectivity index (χ3v) is 3.30. The fraction of sp³-hybridized carbons (Fsp3) is 0.600. The molecule has 0 amide bonds. The minimum absolute atomic E-state index is 0.113. The van der Waals surface area contributed by atoms with E-state index in [0.29, 0.717) is 6.04 Å². The topological polar surface area (TPSA) is 29.3 Å². The van der Waals surface area contributed by atoms with Gasteiger partial charge in [0.25, 0.3) is 0 Å². The van der Waals surface area contributed by atoms with Crippen molar-refractivity contribution in [2.75, 3.05) is 11.9 Å². The second-order valence-electron chi connectivity index (χ2n) is 5.47. The molecule has 17 heavy (non-hydrogen) atoms. The standard InChI is InChI=1S/C15H26N2/c1-11(2)10-12(3)17(5)15-8-6-14(7-9-15)13(4)16/h6-9,11-13H,10,16H2,1-5H3. The summed E-state index contributed by atoms with van der Waals surface area (Å²) in [4.78, 5) is 2.34. The van der Waals surface area contributed by atoms with Crippen molar-refractivity contribution in [3.8, 4) is 0 Å². The lowest BCUT2D eigenvalue weighted by molar-refractivity contribution is 0.504. The molecule has 0 aliphatic rings. The molecule has 2 nitrogen and oxygen atoms in total. The Kier molecular flexibility index (Phi) is 5.01. The molecule has 0 aromatic heterocycles. The second kappa shape index (κ2) is 6.06. The predicted octanol–water partition coefficient (Wildman–Crippen LogP) is 3.58. The van der Waals surface area contributed by atoms with Gasteiger partial charge in [-0.2, -0.15) is 0 Å². The van der Waals surface area contributed by atoms with Gasteiger partial charge in [-0.25, -0.2) is 0 Å². The Hall–Kier alpha value is -1.02. The Balaban J connectivity index is 2.72. The number of hydrogen-bond donors (Lipinski definition) is 1. The molecule has 0 heterocycles. The second-order valence-corrected chi connectivity index (χ2v) is 5.47. The van der Waals surface area contributed by atoms with E-state index in [2.05, 4.69) is 57.0 Å². The molecule has 0 saturated heterocycles. The molecule has 0 fully saturated rings. The third kappa shape index (κ3) is 4.04. The SMILES string of the molecule is CC(C)CC(C)N(C)c1ccc(C(C)N)cc1. The van der Waals surface area contributed by atoms with Crippen molar-refractivity contribution in [1.29, 1.82) is 0 Å². The van der Waals surface area contributed by atoms with Gasteiger partial charge >= 0.3 is 0 Å². The first-order valence-corrected chi connectivity index (χ1v) is 6.50. The summed E-state index contributed by atoms with van der Waals surface area (Å²) in [7, 11) is 2.16. The molecule has 0 aliphatic carbocycles. The Bertz CT molecular complexity index is 327. The monoisotopic (exact) mass is 234 g/mol. The molecular formula is C15H26N2. The average molecular weight is 234 g/mol. The molecule has 0 bridgehead atoms. The Labute approximate surface area is 106 Å². The Morgan fingerprint density at radius 3 is 2.00 bits per heavy atom. The first kappa shape index (κ1) is 14.0. The van der Waals surface area contributed by atoms with E-state index in [1.165, 1.54) is 17.7 Å².